The maximum absolute atomic E-state index is 13.1. The quantitative estimate of drug-likeness (QED) is 0.260. The summed E-state index contributed by atoms with van der Waals surface area (Å²) < 4.78 is 39.3. The van der Waals surface area contributed by atoms with Crippen molar-refractivity contribution in [3.63, 3.8) is 0 Å². The third kappa shape index (κ3) is 5.80. The molecule has 1 aromatic heterocycles. The monoisotopic (exact) mass is 555 g/mol. The molecule has 1 aliphatic rings. The highest BCUT2D eigenvalue weighted by Crippen LogP contribution is 2.36. The van der Waals surface area contributed by atoms with Crippen LogP contribution in [0.25, 0.3) is 10.9 Å². The summed E-state index contributed by atoms with van der Waals surface area (Å²) in [5.41, 5.74) is 2.70. The lowest BCUT2D eigenvalue weighted by molar-refractivity contribution is -0.137. The Morgan fingerprint density at radius 1 is 0.923 bits per heavy atom. The van der Waals surface area contributed by atoms with Gasteiger partial charge in [-0.05, 0) is 61.0 Å². The molecule has 3 aromatic carbocycles. The van der Waals surface area contributed by atoms with Crippen molar-refractivity contribution in [1.82, 2.24) is 9.88 Å². The summed E-state index contributed by atoms with van der Waals surface area (Å²) in [6, 6.07) is 17.7. The van der Waals surface area contributed by atoms with Gasteiger partial charge in [-0.2, -0.15) is 13.2 Å². The molecule has 0 atom stereocenters. The van der Waals surface area contributed by atoms with Crippen LogP contribution in [-0.4, -0.2) is 48.0 Å². The van der Waals surface area contributed by atoms with E-state index in [1.54, 1.807) is 6.07 Å². The van der Waals surface area contributed by atoms with E-state index in [0.29, 0.717) is 37.6 Å². The molecule has 0 aliphatic carbocycles. The van der Waals surface area contributed by atoms with E-state index in [9.17, 15) is 22.8 Å². The first-order chi connectivity index (χ1) is 18.6. The molecule has 2 heterocycles. The van der Waals surface area contributed by atoms with Crippen LogP contribution in [0.15, 0.2) is 66.7 Å². The van der Waals surface area contributed by atoms with Crippen molar-refractivity contribution in [2.75, 3.05) is 41.7 Å². The minimum atomic E-state index is -4.63. The molecule has 1 saturated heterocycles. The number of aryl methyl sites for hydroxylation is 1. The van der Waals surface area contributed by atoms with E-state index in [1.165, 1.54) is 6.07 Å². The van der Waals surface area contributed by atoms with Crippen molar-refractivity contribution >= 4 is 51.5 Å². The highest BCUT2D eigenvalue weighted by Gasteiger charge is 2.33. The summed E-state index contributed by atoms with van der Waals surface area (Å²) in [7, 11) is 0. The predicted octanol–water partition coefficient (Wildman–Crippen LogP) is 6.75. The Hall–Kier alpha value is -4.18. The van der Waals surface area contributed by atoms with Gasteiger partial charge in [-0.1, -0.05) is 29.8 Å². The molecule has 1 aliphatic heterocycles. The number of aromatic nitrogens is 1. The van der Waals surface area contributed by atoms with Crippen molar-refractivity contribution in [2.45, 2.75) is 13.1 Å². The number of piperazine rings is 1. The molecular formula is C28H25ClF3N5O2. The number of benzene rings is 3. The van der Waals surface area contributed by atoms with Gasteiger partial charge < -0.3 is 25.4 Å². The summed E-state index contributed by atoms with van der Waals surface area (Å²) in [5, 5.41) is 5.64. The second-order valence-corrected chi connectivity index (χ2v) is 9.73. The van der Waals surface area contributed by atoms with Crippen molar-refractivity contribution in [3.8, 4) is 0 Å². The largest absolute Gasteiger partial charge is 0.417 e. The molecule has 0 unspecified atom stereocenters. The Balaban J connectivity index is 1.18. The van der Waals surface area contributed by atoms with Gasteiger partial charge in [-0.15, -0.1) is 0 Å². The Morgan fingerprint density at radius 3 is 2.36 bits per heavy atom. The van der Waals surface area contributed by atoms with Gasteiger partial charge in [0, 0.05) is 54.1 Å². The molecule has 1 fully saturated rings. The number of urea groups is 1. The van der Waals surface area contributed by atoms with Gasteiger partial charge >= 0.3 is 12.2 Å². The van der Waals surface area contributed by atoms with Crippen molar-refractivity contribution in [1.29, 1.82) is 0 Å². The Kier molecular flexibility index (Phi) is 7.14. The second-order valence-electron chi connectivity index (χ2n) is 9.32. The molecule has 202 valence electrons. The lowest BCUT2D eigenvalue weighted by atomic mass is 10.1. The third-order valence-corrected chi connectivity index (χ3v) is 7.01. The first kappa shape index (κ1) is 26.4. The standard InChI is InChI=1S/C28H25ClF3N5O2/c1-17-14-20(7-9-23(17)35-27(39)33-19-6-8-22(29)21(16-19)28(30,31)32)36-10-12-37(13-11-36)26(38)25-15-18-4-2-3-5-24(18)34-25/h2-9,14-16,34H,10-13H2,1H3,(H2,33,35,39). The molecule has 5 rings (SSSR count). The number of rotatable bonds is 4. The molecule has 0 radical (unpaired) electrons. The maximum Gasteiger partial charge on any atom is 0.417 e. The number of aromatic amines is 1. The topological polar surface area (TPSA) is 80.5 Å². The zero-order chi connectivity index (χ0) is 27.7. The zero-order valence-electron chi connectivity index (χ0n) is 20.9. The second kappa shape index (κ2) is 10.5. The number of para-hydroxylation sites is 1. The Morgan fingerprint density at radius 2 is 1.67 bits per heavy atom. The summed E-state index contributed by atoms with van der Waals surface area (Å²) >= 11 is 5.64. The lowest BCUT2D eigenvalue weighted by Gasteiger charge is -2.36. The third-order valence-electron chi connectivity index (χ3n) is 6.68. The lowest BCUT2D eigenvalue weighted by Crippen LogP contribution is -2.48. The molecule has 11 heteroatoms. The van der Waals surface area contributed by atoms with E-state index in [0.717, 1.165) is 34.3 Å². The molecule has 3 N–H and O–H groups in total. The highest BCUT2D eigenvalue weighted by atomic mass is 35.5. The van der Waals surface area contributed by atoms with Crippen LogP contribution < -0.4 is 15.5 Å². The number of fused-ring (bicyclic) bond motifs is 1. The fourth-order valence-electron chi connectivity index (χ4n) is 4.62. The van der Waals surface area contributed by atoms with Crippen LogP contribution in [0.1, 0.15) is 21.6 Å². The minimum absolute atomic E-state index is 0.0293. The fraction of sp³-hybridized carbons (Fsp3) is 0.214. The Bertz CT molecular complexity index is 1510. The number of H-pyrrole nitrogens is 1. The van der Waals surface area contributed by atoms with Crippen LogP contribution in [0.4, 0.5) is 35.0 Å². The zero-order valence-corrected chi connectivity index (χ0v) is 21.7. The number of carbonyl (C=O) groups is 2. The summed E-state index contributed by atoms with van der Waals surface area (Å²) in [6.45, 7) is 4.26. The van der Waals surface area contributed by atoms with Crippen molar-refractivity contribution < 1.29 is 22.8 Å². The number of alkyl halides is 3. The minimum Gasteiger partial charge on any atom is -0.368 e. The molecule has 3 amide bonds. The van der Waals surface area contributed by atoms with Gasteiger partial charge in [0.05, 0.1) is 10.6 Å². The first-order valence-electron chi connectivity index (χ1n) is 12.3. The number of nitrogens with one attached hydrogen (secondary N) is 3. The van der Waals surface area contributed by atoms with Crippen LogP contribution in [0.2, 0.25) is 5.02 Å². The number of halogens is 4. The normalized spacial score (nSPS) is 14.0. The highest BCUT2D eigenvalue weighted by molar-refractivity contribution is 6.31. The predicted molar refractivity (Wildman–Crippen MR) is 147 cm³/mol. The van der Waals surface area contributed by atoms with E-state index in [-0.39, 0.29) is 11.6 Å². The molecule has 4 aromatic rings. The molecule has 7 nitrogen and oxygen atoms in total. The number of hydrogen-bond donors (Lipinski definition) is 3. The Labute approximate surface area is 227 Å². The van der Waals surface area contributed by atoms with Gasteiger partial charge in [0.15, 0.2) is 0 Å². The van der Waals surface area contributed by atoms with Crippen LogP contribution in [0.5, 0.6) is 0 Å². The van der Waals surface area contributed by atoms with Gasteiger partial charge in [-0.25, -0.2) is 4.79 Å². The summed E-state index contributed by atoms with van der Waals surface area (Å²) in [5.74, 6) is -0.0318. The molecular weight excluding hydrogens is 531 g/mol. The van der Waals surface area contributed by atoms with Crippen LogP contribution in [0, 0.1) is 6.92 Å². The number of nitrogens with zero attached hydrogens (tertiary/aromatic N) is 2. The smallest absolute Gasteiger partial charge is 0.368 e. The van der Waals surface area contributed by atoms with Gasteiger partial charge in [0.25, 0.3) is 5.91 Å². The molecule has 39 heavy (non-hydrogen) atoms. The van der Waals surface area contributed by atoms with Crippen LogP contribution in [0.3, 0.4) is 0 Å². The first-order valence-corrected chi connectivity index (χ1v) is 12.6. The van der Waals surface area contributed by atoms with Gasteiger partial charge in [0.2, 0.25) is 0 Å². The van der Waals surface area contributed by atoms with Gasteiger partial charge in [0.1, 0.15) is 5.69 Å². The van der Waals surface area contributed by atoms with Crippen LogP contribution >= 0.6 is 11.6 Å². The van der Waals surface area contributed by atoms with E-state index in [4.69, 9.17) is 11.6 Å². The van der Waals surface area contributed by atoms with Crippen molar-refractivity contribution in [3.05, 3.63) is 88.6 Å². The van der Waals surface area contributed by atoms with Crippen LogP contribution in [-0.2, 0) is 6.18 Å². The SMILES string of the molecule is Cc1cc(N2CCN(C(=O)c3cc4ccccc4[nH]3)CC2)ccc1NC(=O)Nc1ccc(Cl)c(C(F)(F)F)c1. The van der Waals surface area contributed by atoms with Crippen molar-refractivity contribution in [2.24, 2.45) is 0 Å². The summed E-state index contributed by atoms with van der Waals surface area (Å²) in [4.78, 5) is 32.6. The summed E-state index contributed by atoms with van der Waals surface area (Å²) in [6.07, 6.45) is -4.63. The number of carbonyl (C=O) groups excluding carboxylic acids is 2. The number of anilines is 3. The average molecular weight is 556 g/mol. The van der Waals surface area contributed by atoms with E-state index < -0.39 is 22.8 Å². The molecule has 0 spiro atoms. The van der Waals surface area contributed by atoms with E-state index in [1.807, 2.05) is 54.3 Å². The molecule has 0 bridgehead atoms. The average Bonchev–Trinajstić information content (AvgIpc) is 3.34. The van der Waals surface area contributed by atoms with E-state index >= 15 is 0 Å². The molecule has 0 saturated carbocycles. The maximum atomic E-state index is 13.1. The number of amides is 3. The van der Waals surface area contributed by atoms with Gasteiger partial charge in [-0.3, -0.25) is 4.79 Å². The number of hydrogen-bond acceptors (Lipinski definition) is 3. The fourth-order valence-corrected chi connectivity index (χ4v) is 4.84. The van der Waals surface area contributed by atoms with E-state index in [2.05, 4.69) is 20.5 Å².